The molecule has 1 aliphatic heterocycles. The van der Waals surface area contributed by atoms with E-state index in [9.17, 15) is 9.90 Å². The van der Waals surface area contributed by atoms with Crippen molar-refractivity contribution >= 4 is 46.4 Å². The maximum atomic E-state index is 13.3. The molecule has 0 unspecified atom stereocenters. The Kier molecular flexibility index (Phi) is 7.54. The molecule has 0 bridgehead atoms. The van der Waals surface area contributed by atoms with Crippen LogP contribution in [0.4, 0.5) is 11.6 Å². The van der Waals surface area contributed by atoms with E-state index in [2.05, 4.69) is 15.3 Å². The van der Waals surface area contributed by atoms with Gasteiger partial charge in [-0.2, -0.15) is 5.01 Å². The molecule has 12 heteroatoms. The van der Waals surface area contributed by atoms with E-state index >= 15 is 0 Å². The van der Waals surface area contributed by atoms with Crippen molar-refractivity contribution in [2.24, 2.45) is 9.98 Å². The SMILES string of the molecule is COc1ccc(/C=C2/N=C(SC/C([O-])=N\c3c[n+](N(C)C)no3)N(c3ccccc3)C2=O)cc1OC. The van der Waals surface area contributed by atoms with Crippen molar-refractivity contribution in [2.75, 3.05) is 44.0 Å². The summed E-state index contributed by atoms with van der Waals surface area (Å²) in [6.07, 6.45) is 3.15. The van der Waals surface area contributed by atoms with Crippen molar-refractivity contribution in [1.29, 1.82) is 0 Å². The third-order valence-corrected chi connectivity index (χ3v) is 5.89. The van der Waals surface area contributed by atoms with Crippen molar-refractivity contribution in [3.8, 4) is 11.5 Å². The summed E-state index contributed by atoms with van der Waals surface area (Å²) in [6, 6.07) is 14.4. The van der Waals surface area contributed by atoms with Crippen molar-refractivity contribution in [3.05, 3.63) is 66.0 Å². The molecular weight excluding hydrogens is 484 g/mol. The summed E-state index contributed by atoms with van der Waals surface area (Å²) in [5, 5.41) is 18.3. The Labute approximate surface area is 211 Å². The molecule has 0 atom stereocenters. The van der Waals surface area contributed by atoms with Gasteiger partial charge in [-0.1, -0.05) is 36.0 Å². The second-order valence-electron chi connectivity index (χ2n) is 7.62. The summed E-state index contributed by atoms with van der Waals surface area (Å²) in [4.78, 5) is 24.7. The highest BCUT2D eigenvalue weighted by Gasteiger charge is 2.32. The molecule has 0 saturated carbocycles. The lowest BCUT2D eigenvalue weighted by Crippen LogP contribution is -2.53. The zero-order valence-electron chi connectivity index (χ0n) is 20.1. The largest absolute Gasteiger partial charge is 0.861 e. The fraction of sp³-hybridized carbons (Fsp3) is 0.208. The quantitative estimate of drug-likeness (QED) is 0.195. The molecule has 2 heterocycles. The first-order chi connectivity index (χ1) is 17.4. The summed E-state index contributed by atoms with van der Waals surface area (Å²) in [6.45, 7) is 0. The molecule has 4 rings (SSSR count). The molecule has 1 amide bonds. The number of nitrogens with zero attached hydrogens (tertiary/aromatic N) is 6. The van der Waals surface area contributed by atoms with Gasteiger partial charge in [0, 0.05) is 5.75 Å². The number of aliphatic imine (C=N–C) groups is 2. The fourth-order valence-electron chi connectivity index (χ4n) is 3.25. The smallest absolute Gasteiger partial charge is 0.324 e. The normalized spacial score (nSPS) is 14.8. The van der Waals surface area contributed by atoms with Crippen LogP contribution in [0.5, 0.6) is 11.5 Å². The predicted octanol–water partition coefficient (Wildman–Crippen LogP) is 1.74. The van der Waals surface area contributed by atoms with E-state index in [1.54, 1.807) is 69.7 Å². The monoisotopic (exact) mass is 508 g/mol. The molecule has 11 nitrogen and oxygen atoms in total. The minimum absolute atomic E-state index is 0.0538. The van der Waals surface area contributed by atoms with Gasteiger partial charge in [0.2, 0.25) is 5.27 Å². The maximum Gasteiger partial charge on any atom is 0.324 e. The molecule has 1 aromatic heterocycles. The van der Waals surface area contributed by atoms with E-state index < -0.39 is 5.90 Å². The molecule has 0 fully saturated rings. The molecule has 0 aliphatic carbocycles. The highest BCUT2D eigenvalue weighted by atomic mass is 32.2. The molecule has 2 aromatic carbocycles. The lowest BCUT2D eigenvalue weighted by molar-refractivity contribution is -0.753. The van der Waals surface area contributed by atoms with E-state index in [0.717, 1.165) is 11.8 Å². The van der Waals surface area contributed by atoms with Gasteiger partial charge in [-0.3, -0.25) is 14.2 Å². The van der Waals surface area contributed by atoms with Crippen LogP contribution in [0.25, 0.3) is 6.08 Å². The maximum absolute atomic E-state index is 13.3. The Morgan fingerprint density at radius 2 is 1.94 bits per heavy atom. The number of hydrogen-bond acceptors (Lipinski definition) is 10. The summed E-state index contributed by atoms with van der Waals surface area (Å²) in [7, 11) is 6.63. The minimum Gasteiger partial charge on any atom is -0.861 e. The summed E-state index contributed by atoms with van der Waals surface area (Å²) in [5.74, 6) is 0.362. The zero-order valence-corrected chi connectivity index (χ0v) is 20.9. The Balaban J connectivity index is 1.60. The standard InChI is InChI=1S/C24H24N6O5S/c1-28(2)29-14-22(35-27-29)26-21(31)15-36-24-25-18(23(32)30(24)17-8-6-5-7-9-17)12-16-10-11-19(33-3)20(13-16)34-4/h5-14H,15H2,1-4H3/b18-12+. The Bertz CT molecular complexity index is 1340. The van der Waals surface area contributed by atoms with E-state index in [0.29, 0.717) is 27.9 Å². The van der Waals surface area contributed by atoms with E-state index in [1.165, 1.54) is 15.9 Å². The molecule has 1 aliphatic rings. The average molecular weight is 509 g/mol. The van der Waals surface area contributed by atoms with Gasteiger partial charge in [-0.15, -0.1) is 0 Å². The number of aromatic nitrogens is 2. The zero-order chi connectivity index (χ0) is 25.7. The van der Waals surface area contributed by atoms with Gasteiger partial charge in [0.05, 0.1) is 38.8 Å². The number of carbonyl (C=O) groups excluding carboxylic acids is 1. The van der Waals surface area contributed by atoms with Gasteiger partial charge in [-0.25, -0.2) is 9.98 Å². The van der Waals surface area contributed by atoms with E-state index in [4.69, 9.17) is 14.0 Å². The van der Waals surface area contributed by atoms with Crippen molar-refractivity contribution in [1.82, 2.24) is 5.27 Å². The van der Waals surface area contributed by atoms with E-state index in [-0.39, 0.29) is 23.2 Å². The molecule has 0 N–H and O–H groups in total. The third kappa shape index (κ3) is 5.49. The number of methoxy groups -OCH3 is 2. The second kappa shape index (κ2) is 11.0. The van der Waals surface area contributed by atoms with Crippen molar-refractivity contribution < 1.29 is 28.7 Å². The van der Waals surface area contributed by atoms with Crippen LogP contribution in [0.2, 0.25) is 0 Å². The van der Waals surface area contributed by atoms with Crippen molar-refractivity contribution in [2.45, 2.75) is 0 Å². The van der Waals surface area contributed by atoms with Gasteiger partial charge in [0.25, 0.3) is 12.1 Å². The van der Waals surface area contributed by atoms with Crippen LogP contribution in [0.1, 0.15) is 5.56 Å². The Morgan fingerprint density at radius 3 is 2.61 bits per heavy atom. The topological polar surface area (TPSA) is 120 Å². The molecular formula is C24H24N6O5S. The number of para-hydroxylation sites is 1. The fourth-order valence-corrected chi connectivity index (χ4v) is 4.04. The van der Waals surface area contributed by atoms with Gasteiger partial charge in [-0.05, 0) is 41.8 Å². The molecule has 36 heavy (non-hydrogen) atoms. The summed E-state index contributed by atoms with van der Waals surface area (Å²) in [5.41, 5.74) is 1.57. The first-order valence-electron chi connectivity index (χ1n) is 10.7. The van der Waals surface area contributed by atoms with Crippen LogP contribution in [0.15, 0.2) is 74.9 Å². The number of hydrogen-bond donors (Lipinski definition) is 0. The first-order valence-corrected chi connectivity index (χ1v) is 11.7. The van der Waals surface area contributed by atoms with Gasteiger partial charge in [0.1, 0.15) is 5.70 Å². The molecule has 0 saturated heterocycles. The van der Waals surface area contributed by atoms with Crippen LogP contribution >= 0.6 is 11.8 Å². The average Bonchev–Trinajstić information content (AvgIpc) is 3.47. The van der Waals surface area contributed by atoms with Crippen LogP contribution < -0.4 is 29.3 Å². The highest BCUT2D eigenvalue weighted by molar-refractivity contribution is 8.14. The number of carbonyl (C=O) groups is 1. The van der Waals surface area contributed by atoms with Crippen molar-refractivity contribution in [3.63, 3.8) is 0 Å². The second-order valence-corrected chi connectivity index (χ2v) is 8.56. The number of amidine groups is 1. The molecule has 186 valence electrons. The van der Waals surface area contributed by atoms with Gasteiger partial charge in [0.15, 0.2) is 16.7 Å². The lowest BCUT2D eigenvalue weighted by atomic mass is 10.1. The van der Waals surface area contributed by atoms with Crippen LogP contribution in [-0.2, 0) is 4.79 Å². The van der Waals surface area contributed by atoms with Crippen LogP contribution in [0, 0.1) is 0 Å². The number of thioether (sulfide) groups is 1. The molecule has 0 radical (unpaired) electrons. The third-order valence-electron chi connectivity index (χ3n) is 4.97. The van der Waals surface area contributed by atoms with Gasteiger partial charge >= 0.3 is 5.88 Å². The number of anilines is 1. The minimum atomic E-state index is -0.456. The number of ether oxygens (including phenoxy) is 2. The first kappa shape index (κ1) is 24.8. The number of amides is 1. The lowest BCUT2D eigenvalue weighted by Gasteiger charge is -2.18. The number of rotatable bonds is 8. The summed E-state index contributed by atoms with van der Waals surface area (Å²) >= 11 is 1.11. The molecule has 0 spiro atoms. The predicted molar refractivity (Wildman–Crippen MR) is 135 cm³/mol. The van der Waals surface area contributed by atoms with Crippen LogP contribution in [-0.4, -0.2) is 56.3 Å². The van der Waals surface area contributed by atoms with Crippen LogP contribution in [0.3, 0.4) is 0 Å². The Hall–Kier alpha value is -4.32. The highest BCUT2D eigenvalue weighted by Crippen LogP contribution is 2.32. The Morgan fingerprint density at radius 1 is 1.19 bits per heavy atom. The van der Waals surface area contributed by atoms with Gasteiger partial charge < -0.3 is 14.6 Å². The molecule has 3 aromatic rings. The number of benzene rings is 2. The van der Waals surface area contributed by atoms with E-state index in [1.807, 2.05) is 18.2 Å². The summed E-state index contributed by atoms with van der Waals surface area (Å²) < 4.78 is 15.7.